The molecular weight excluding hydrogens is 323 g/mol. The second-order valence-electron chi connectivity index (χ2n) is 6.06. The smallest absolute Gasteiger partial charge is 0.255 e. The highest BCUT2D eigenvalue weighted by Gasteiger charge is 2.24. The monoisotopic (exact) mass is 342 g/mol. The average Bonchev–Trinajstić information content (AvgIpc) is 2.87. The molecule has 3 N–H and O–H groups in total. The van der Waals surface area contributed by atoms with E-state index in [4.69, 9.17) is 5.73 Å². The van der Waals surface area contributed by atoms with Gasteiger partial charge in [-0.15, -0.1) is 0 Å². The number of aromatic nitrogens is 1. The molecule has 25 heavy (non-hydrogen) atoms. The molecule has 1 saturated heterocycles. The molecule has 6 nitrogen and oxygen atoms in total. The summed E-state index contributed by atoms with van der Waals surface area (Å²) in [5.74, 6) is -0.936. The first kappa shape index (κ1) is 17.1. The Morgan fingerprint density at radius 3 is 2.80 bits per heavy atom. The quantitative estimate of drug-likeness (QED) is 0.816. The molecule has 2 aromatic rings. The minimum atomic E-state index is -0.607. The maximum atomic E-state index is 14.3. The van der Waals surface area contributed by atoms with Gasteiger partial charge >= 0.3 is 0 Å². The molecule has 1 fully saturated rings. The van der Waals surface area contributed by atoms with E-state index in [2.05, 4.69) is 11.9 Å². The van der Waals surface area contributed by atoms with Crippen LogP contribution in [-0.4, -0.2) is 41.1 Å². The molecule has 0 bridgehead atoms. The van der Waals surface area contributed by atoms with Crippen molar-refractivity contribution in [3.05, 3.63) is 70.9 Å². The lowest BCUT2D eigenvalue weighted by Gasteiger charge is -2.15. The van der Waals surface area contributed by atoms with Gasteiger partial charge in [-0.1, -0.05) is 12.6 Å². The van der Waals surface area contributed by atoms with E-state index >= 15 is 0 Å². The molecule has 3 rings (SSSR count). The van der Waals surface area contributed by atoms with Crippen molar-refractivity contribution < 1.29 is 9.18 Å². The molecule has 0 radical (unpaired) electrons. The number of nitrogens with one attached hydrogen (secondary N) is 1. The molecule has 7 heteroatoms. The van der Waals surface area contributed by atoms with Crippen LogP contribution in [0.5, 0.6) is 0 Å². The Morgan fingerprint density at radius 1 is 1.36 bits per heavy atom. The van der Waals surface area contributed by atoms with Crippen molar-refractivity contribution in [2.24, 2.45) is 5.73 Å². The van der Waals surface area contributed by atoms with Crippen molar-refractivity contribution >= 4 is 11.6 Å². The number of anilines is 1. The second kappa shape index (κ2) is 7.00. The summed E-state index contributed by atoms with van der Waals surface area (Å²) in [6.07, 6.45) is 1.55. The van der Waals surface area contributed by atoms with E-state index < -0.39 is 5.82 Å². The summed E-state index contributed by atoms with van der Waals surface area (Å²) < 4.78 is 15.6. The Morgan fingerprint density at radius 2 is 2.16 bits per heavy atom. The zero-order valence-electron chi connectivity index (χ0n) is 13.6. The summed E-state index contributed by atoms with van der Waals surface area (Å²) in [4.78, 5) is 25.7. The van der Waals surface area contributed by atoms with Crippen LogP contribution in [0, 0.1) is 5.82 Å². The van der Waals surface area contributed by atoms with Crippen molar-refractivity contribution in [2.75, 3.05) is 25.0 Å². The van der Waals surface area contributed by atoms with Crippen LogP contribution in [0.25, 0.3) is 5.69 Å². The summed E-state index contributed by atoms with van der Waals surface area (Å²) in [6, 6.07) is 8.79. The fourth-order valence-corrected chi connectivity index (χ4v) is 2.79. The Labute approximate surface area is 144 Å². The standard InChI is InChI=1S/C18H19FN4O2/c1-12-9-22(10-15(12)20)11-17(24)21-16-6-5-13(8-14(16)19)23-7-3-2-4-18(23)25/h2-8,15H,1,9-11,20H2,(H,21,24)/t15-/m0/s1. The third-order valence-corrected chi connectivity index (χ3v) is 4.10. The summed E-state index contributed by atoms with van der Waals surface area (Å²) >= 11 is 0. The molecule has 1 amide bonds. The Hall–Kier alpha value is -2.77. The van der Waals surface area contributed by atoms with Gasteiger partial charge in [0.25, 0.3) is 5.56 Å². The van der Waals surface area contributed by atoms with Crippen LogP contribution in [0.1, 0.15) is 0 Å². The summed E-state index contributed by atoms with van der Waals surface area (Å²) in [7, 11) is 0. The van der Waals surface area contributed by atoms with Gasteiger partial charge in [-0.3, -0.25) is 19.1 Å². The fraction of sp³-hybridized carbons (Fsp3) is 0.222. The number of pyridine rings is 1. The first-order valence-electron chi connectivity index (χ1n) is 7.87. The van der Waals surface area contributed by atoms with Crippen molar-refractivity contribution in [2.45, 2.75) is 6.04 Å². The second-order valence-corrected chi connectivity index (χ2v) is 6.06. The number of nitrogens with zero attached hydrogens (tertiary/aromatic N) is 2. The molecule has 130 valence electrons. The van der Waals surface area contributed by atoms with Gasteiger partial charge in [0, 0.05) is 37.5 Å². The largest absolute Gasteiger partial charge is 0.323 e. The van der Waals surface area contributed by atoms with Gasteiger partial charge in [-0.2, -0.15) is 0 Å². The van der Waals surface area contributed by atoms with Crippen molar-refractivity contribution in [3.8, 4) is 5.69 Å². The lowest BCUT2D eigenvalue weighted by atomic mass is 10.2. The van der Waals surface area contributed by atoms with Crippen molar-refractivity contribution in [1.82, 2.24) is 9.47 Å². The minimum Gasteiger partial charge on any atom is -0.323 e. The molecule has 0 saturated carbocycles. The van der Waals surface area contributed by atoms with Crippen LogP contribution in [0.2, 0.25) is 0 Å². The predicted molar refractivity (Wildman–Crippen MR) is 94.2 cm³/mol. The molecule has 0 spiro atoms. The van der Waals surface area contributed by atoms with E-state index in [9.17, 15) is 14.0 Å². The molecule has 1 atom stereocenters. The van der Waals surface area contributed by atoms with Gasteiger partial charge in [0.2, 0.25) is 5.91 Å². The molecular formula is C18H19FN4O2. The Bertz CT molecular complexity index is 877. The van der Waals surface area contributed by atoms with Crippen molar-refractivity contribution in [1.29, 1.82) is 0 Å². The van der Waals surface area contributed by atoms with Gasteiger partial charge in [0.1, 0.15) is 5.82 Å². The van der Waals surface area contributed by atoms with Crippen molar-refractivity contribution in [3.63, 3.8) is 0 Å². The highest BCUT2D eigenvalue weighted by molar-refractivity contribution is 5.92. The van der Waals surface area contributed by atoms with Crippen LogP contribution < -0.4 is 16.6 Å². The van der Waals surface area contributed by atoms with Crippen LogP contribution in [-0.2, 0) is 4.79 Å². The van der Waals surface area contributed by atoms with E-state index in [1.807, 2.05) is 4.90 Å². The molecule has 0 unspecified atom stereocenters. The van der Waals surface area contributed by atoms with Gasteiger partial charge in [-0.25, -0.2) is 4.39 Å². The third-order valence-electron chi connectivity index (χ3n) is 4.10. The first-order chi connectivity index (χ1) is 11.9. The molecule has 1 aliphatic rings. The number of nitrogens with two attached hydrogens (primary N) is 1. The lowest BCUT2D eigenvalue weighted by Crippen LogP contribution is -2.33. The number of halogens is 1. The fourth-order valence-electron chi connectivity index (χ4n) is 2.79. The van der Waals surface area contributed by atoms with E-state index in [0.29, 0.717) is 18.8 Å². The summed E-state index contributed by atoms with van der Waals surface area (Å²) in [5, 5.41) is 2.55. The normalized spacial score (nSPS) is 17.7. The number of hydrogen-bond donors (Lipinski definition) is 2. The number of benzene rings is 1. The highest BCUT2D eigenvalue weighted by Crippen LogP contribution is 2.18. The van der Waals surface area contributed by atoms with Crippen LogP contribution in [0.15, 0.2) is 59.5 Å². The van der Waals surface area contributed by atoms with E-state index in [1.54, 1.807) is 24.4 Å². The van der Waals surface area contributed by atoms with Crippen LogP contribution in [0.3, 0.4) is 0 Å². The number of amides is 1. The third kappa shape index (κ3) is 3.84. The number of rotatable bonds is 4. The molecule has 1 aliphatic heterocycles. The van der Waals surface area contributed by atoms with E-state index in [0.717, 1.165) is 5.57 Å². The average molecular weight is 342 g/mol. The molecule has 2 heterocycles. The minimum absolute atomic E-state index is 0.0695. The highest BCUT2D eigenvalue weighted by atomic mass is 19.1. The number of hydrogen-bond acceptors (Lipinski definition) is 4. The van der Waals surface area contributed by atoms with Crippen LogP contribution >= 0.6 is 0 Å². The topological polar surface area (TPSA) is 80.4 Å². The summed E-state index contributed by atoms with van der Waals surface area (Å²) in [5.41, 5.74) is 6.93. The number of carbonyl (C=O) groups is 1. The zero-order valence-corrected chi connectivity index (χ0v) is 13.6. The SMILES string of the molecule is C=C1CN(CC(=O)Nc2ccc(-n3ccccc3=O)cc2F)C[C@@H]1N. The molecule has 0 aliphatic carbocycles. The van der Waals surface area contributed by atoms with Gasteiger partial charge in [-0.05, 0) is 23.8 Å². The van der Waals surface area contributed by atoms with Gasteiger partial charge in [0.15, 0.2) is 0 Å². The zero-order chi connectivity index (χ0) is 18.0. The van der Waals surface area contributed by atoms with Gasteiger partial charge in [0.05, 0.1) is 17.9 Å². The number of likely N-dealkylation sites (tertiary alicyclic amines) is 1. The van der Waals surface area contributed by atoms with Crippen LogP contribution in [0.4, 0.5) is 10.1 Å². The maximum absolute atomic E-state index is 14.3. The number of carbonyl (C=O) groups excluding carboxylic acids is 1. The molecule has 1 aromatic heterocycles. The predicted octanol–water partition coefficient (Wildman–Crippen LogP) is 1.11. The first-order valence-corrected chi connectivity index (χ1v) is 7.87. The Kier molecular flexibility index (Phi) is 4.78. The lowest BCUT2D eigenvalue weighted by molar-refractivity contribution is -0.117. The molecule has 1 aromatic carbocycles. The van der Waals surface area contributed by atoms with E-state index in [-0.39, 0.29) is 29.7 Å². The van der Waals surface area contributed by atoms with E-state index in [1.165, 1.54) is 22.8 Å². The summed E-state index contributed by atoms with van der Waals surface area (Å²) in [6.45, 7) is 5.09. The van der Waals surface area contributed by atoms with Gasteiger partial charge < -0.3 is 11.1 Å². The maximum Gasteiger partial charge on any atom is 0.255 e. The Balaban J connectivity index is 1.69.